The monoisotopic (exact) mass is 113 g/mol. The first kappa shape index (κ1) is 4.46. The van der Waals surface area contributed by atoms with Gasteiger partial charge in [0.1, 0.15) is 6.26 Å². The van der Waals surface area contributed by atoms with E-state index in [0.29, 0.717) is 4.51 Å². The number of hydrogen-bond acceptors (Lipinski definition) is 3. The molecule has 0 spiro atoms. The van der Waals surface area contributed by atoms with Crippen molar-refractivity contribution in [3.8, 4) is 0 Å². The lowest BCUT2D eigenvalue weighted by Crippen LogP contribution is -1.63. The third kappa shape index (κ3) is 1.08. The van der Waals surface area contributed by atoms with Gasteiger partial charge in [-0.15, -0.1) is 0 Å². The largest absolute Gasteiger partial charge is 0.365 e. The number of rotatable bonds is 0. The summed E-state index contributed by atoms with van der Waals surface area (Å²) in [5.74, 6) is 0. The van der Waals surface area contributed by atoms with Gasteiger partial charge in [0.15, 0.2) is 0 Å². The Balaban J connectivity index is 3.28. The topological polar surface area (TPSA) is 26.0 Å². The molecule has 0 saturated carbocycles. The van der Waals surface area contributed by atoms with Gasteiger partial charge in [-0.1, -0.05) is 17.4 Å². The summed E-state index contributed by atoms with van der Waals surface area (Å²) < 4.78 is 5.14. The minimum absolute atomic E-state index is 0.700. The normalized spacial score (nSPS) is 8.57. The summed E-state index contributed by atoms with van der Waals surface area (Å²) in [7, 11) is 0. The van der Waals surface area contributed by atoms with E-state index in [4.69, 9.17) is 0 Å². The summed E-state index contributed by atoms with van der Waals surface area (Å²) in [5.41, 5.74) is 0. The summed E-state index contributed by atoms with van der Waals surface area (Å²) >= 11 is 4.69. The minimum Gasteiger partial charge on any atom is -0.365 e. The summed E-state index contributed by atoms with van der Waals surface area (Å²) in [6.45, 7) is 0. The molecule has 0 bridgehead atoms. The second-order valence-corrected chi connectivity index (χ2v) is 1.52. The zero-order chi connectivity index (χ0) is 5.11. The van der Waals surface area contributed by atoms with E-state index in [1.54, 1.807) is 6.07 Å². The minimum atomic E-state index is 0.700. The molecule has 2 nitrogen and oxygen atoms in total. The molecule has 0 aromatic carbocycles. The van der Waals surface area contributed by atoms with Crippen molar-refractivity contribution in [2.75, 3.05) is 0 Å². The Labute approximate surface area is 45.8 Å². The molecule has 0 unspecified atom stereocenters. The van der Waals surface area contributed by atoms with Crippen molar-refractivity contribution in [1.29, 1.82) is 0 Å². The van der Waals surface area contributed by atoms with Crippen LogP contribution in [-0.2, 0) is 0 Å². The van der Waals surface area contributed by atoms with Crippen LogP contribution in [0, 0.1) is 4.51 Å². The maximum Gasteiger partial charge on any atom is 0.123 e. The van der Waals surface area contributed by atoms with Crippen LogP contribution >= 0.6 is 12.2 Å². The lowest BCUT2D eigenvalue weighted by molar-refractivity contribution is 0.399. The Kier molecular flexibility index (Phi) is 1.17. The van der Waals surface area contributed by atoms with E-state index in [1.165, 1.54) is 12.5 Å². The van der Waals surface area contributed by atoms with Crippen LogP contribution in [0.2, 0.25) is 0 Å². The predicted molar refractivity (Wildman–Crippen MR) is 27.3 cm³/mol. The Hall–Kier alpha value is -0.700. The van der Waals surface area contributed by atoms with Crippen LogP contribution in [0.5, 0.6) is 0 Å². The Morgan fingerprint density at radius 2 is 2.57 bits per heavy atom. The molecular weight excluding hydrogens is 110 g/mol. The molecule has 0 aliphatic rings. The molecule has 1 rings (SSSR count). The standard InChI is InChI=1S/C4H3NOS/c7-4-1-2-6-5-3-4/h1-3H. The third-order valence-electron chi connectivity index (χ3n) is 0.534. The van der Waals surface area contributed by atoms with Gasteiger partial charge in [-0.25, -0.2) is 0 Å². The molecular formula is C4H3NOS. The first-order valence-electron chi connectivity index (χ1n) is 1.79. The van der Waals surface area contributed by atoms with Gasteiger partial charge < -0.3 is 4.52 Å². The van der Waals surface area contributed by atoms with E-state index < -0.39 is 0 Å². The first-order chi connectivity index (χ1) is 3.39. The maximum absolute atomic E-state index is 4.69. The summed E-state index contributed by atoms with van der Waals surface area (Å²) in [6, 6.07) is 1.67. The molecule has 0 amide bonds. The van der Waals surface area contributed by atoms with Gasteiger partial charge in [-0.3, -0.25) is 0 Å². The maximum atomic E-state index is 4.69. The summed E-state index contributed by atoms with van der Waals surface area (Å²) in [6.07, 6.45) is 2.93. The van der Waals surface area contributed by atoms with Crippen molar-refractivity contribution >= 4 is 12.2 Å². The van der Waals surface area contributed by atoms with Crippen LogP contribution in [-0.4, -0.2) is 5.16 Å². The Morgan fingerprint density at radius 1 is 1.71 bits per heavy atom. The fraction of sp³-hybridized carbons (Fsp3) is 0. The number of nitrogens with zero attached hydrogens (tertiary/aromatic N) is 1. The SMILES string of the molecule is S=c1cconc1. The molecule has 3 heteroatoms. The van der Waals surface area contributed by atoms with Crippen molar-refractivity contribution in [2.24, 2.45) is 0 Å². The molecule has 7 heavy (non-hydrogen) atoms. The predicted octanol–water partition coefficient (Wildman–Crippen LogP) is 1.40. The van der Waals surface area contributed by atoms with Crippen molar-refractivity contribution < 1.29 is 4.52 Å². The van der Waals surface area contributed by atoms with Gasteiger partial charge in [0.2, 0.25) is 0 Å². The summed E-state index contributed by atoms with van der Waals surface area (Å²) in [5, 5.41) is 3.41. The van der Waals surface area contributed by atoms with Crippen LogP contribution in [0.25, 0.3) is 0 Å². The van der Waals surface area contributed by atoms with Crippen LogP contribution in [0.15, 0.2) is 23.0 Å². The van der Waals surface area contributed by atoms with Gasteiger partial charge in [0.25, 0.3) is 0 Å². The lowest BCUT2D eigenvalue weighted by Gasteiger charge is -1.73. The Morgan fingerprint density at radius 3 is 2.86 bits per heavy atom. The molecule has 0 aliphatic heterocycles. The molecule has 0 atom stereocenters. The average molecular weight is 113 g/mol. The number of hydrogen-bond donors (Lipinski definition) is 0. The third-order valence-corrected chi connectivity index (χ3v) is 0.775. The molecule has 1 aromatic heterocycles. The van der Waals surface area contributed by atoms with E-state index in [-0.39, 0.29) is 0 Å². The highest BCUT2D eigenvalue weighted by Gasteiger charge is 1.69. The highest BCUT2D eigenvalue weighted by atomic mass is 32.1. The molecule has 36 valence electrons. The van der Waals surface area contributed by atoms with Gasteiger partial charge in [0, 0.05) is 0 Å². The molecule has 1 heterocycles. The van der Waals surface area contributed by atoms with E-state index in [1.807, 2.05) is 0 Å². The quantitative estimate of drug-likeness (QED) is 0.476. The highest BCUT2D eigenvalue weighted by molar-refractivity contribution is 7.71. The van der Waals surface area contributed by atoms with Crippen molar-refractivity contribution in [3.63, 3.8) is 0 Å². The Bertz CT molecular complexity index is 177. The zero-order valence-electron chi connectivity index (χ0n) is 3.50. The number of aromatic nitrogens is 1. The molecule has 0 N–H and O–H groups in total. The van der Waals surface area contributed by atoms with Crippen LogP contribution < -0.4 is 0 Å². The van der Waals surface area contributed by atoms with Crippen molar-refractivity contribution in [3.05, 3.63) is 23.0 Å². The van der Waals surface area contributed by atoms with Gasteiger partial charge >= 0.3 is 0 Å². The van der Waals surface area contributed by atoms with Crippen molar-refractivity contribution in [1.82, 2.24) is 5.16 Å². The highest BCUT2D eigenvalue weighted by Crippen LogP contribution is 1.82. The second kappa shape index (κ2) is 1.84. The molecule has 1 aromatic rings. The smallest absolute Gasteiger partial charge is 0.123 e. The van der Waals surface area contributed by atoms with Crippen LogP contribution in [0.3, 0.4) is 0 Å². The van der Waals surface area contributed by atoms with Crippen LogP contribution in [0.1, 0.15) is 0 Å². The lowest BCUT2D eigenvalue weighted by atomic mass is 10.6. The first-order valence-corrected chi connectivity index (χ1v) is 2.20. The second-order valence-electron chi connectivity index (χ2n) is 1.05. The molecule has 0 aliphatic carbocycles. The van der Waals surface area contributed by atoms with Crippen molar-refractivity contribution in [2.45, 2.75) is 0 Å². The fourth-order valence-corrected chi connectivity index (χ4v) is 0.357. The van der Waals surface area contributed by atoms with E-state index in [0.717, 1.165) is 0 Å². The average Bonchev–Trinajstić information content (AvgIpc) is 1.69. The van der Waals surface area contributed by atoms with E-state index >= 15 is 0 Å². The van der Waals surface area contributed by atoms with E-state index in [2.05, 4.69) is 21.9 Å². The van der Waals surface area contributed by atoms with E-state index in [9.17, 15) is 0 Å². The van der Waals surface area contributed by atoms with Gasteiger partial charge in [-0.2, -0.15) is 0 Å². The molecule has 0 fully saturated rings. The summed E-state index contributed by atoms with van der Waals surface area (Å²) in [4.78, 5) is 0. The van der Waals surface area contributed by atoms with Crippen LogP contribution in [0.4, 0.5) is 0 Å². The molecule has 0 radical (unpaired) electrons. The fourth-order valence-electron chi connectivity index (χ4n) is 0.258. The van der Waals surface area contributed by atoms with Gasteiger partial charge in [0.05, 0.1) is 10.7 Å². The zero-order valence-corrected chi connectivity index (χ0v) is 4.31. The van der Waals surface area contributed by atoms with Gasteiger partial charge in [-0.05, 0) is 6.07 Å². The molecule has 0 saturated heterocycles.